The van der Waals surface area contributed by atoms with Gasteiger partial charge in [-0.15, -0.1) is 0 Å². The highest BCUT2D eigenvalue weighted by Crippen LogP contribution is 2.17. The lowest BCUT2D eigenvalue weighted by Crippen LogP contribution is -2.41. The van der Waals surface area contributed by atoms with Crippen LogP contribution in [0.5, 0.6) is 0 Å². The molecule has 1 aliphatic rings. The van der Waals surface area contributed by atoms with E-state index in [1.165, 1.54) is 0 Å². The third kappa shape index (κ3) is 3.79. The van der Waals surface area contributed by atoms with Crippen LogP contribution in [0.1, 0.15) is 24.9 Å². The molecule has 0 aliphatic heterocycles. The molecule has 102 valence electrons. The Kier molecular flexibility index (Phi) is 4.52. The SMILES string of the molecule is CC(NC(=O)N[C@@H]1C=C[C@H](CO)C1)c1ccncc1. The van der Waals surface area contributed by atoms with E-state index in [0.29, 0.717) is 0 Å². The van der Waals surface area contributed by atoms with Crippen molar-refractivity contribution in [3.8, 4) is 0 Å². The van der Waals surface area contributed by atoms with E-state index in [9.17, 15) is 4.79 Å². The molecule has 1 unspecified atom stereocenters. The molecule has 1 aliphatic carbocycles. The van der Waals surface area contributed by atoms with Crippen molar-refractivity contribution in [2.75, 3.05) is 6.61 Å². The van der Waals surface area contributed by atoms with Gasteiger partial charge in [-0.1, -0.05) is 12.2 Å². The Morgan fingerprint density at radius 1 is 1.47 bits per heavy atom. The molecular weight excluding hydrogens is 242 g/mol. The van der Waals surface area contributed by atoms with Gasteiger partial charge >= 0.3 is 6.03 Å². The van der Waals surface area contributed by atoms with Crippen molar-refractivity contribution in [1.29, 1.82) is 0 Å². The summed E-state index contributed by atoms with van der Waals surface area (Å²) in [5.74, 6) is 0.155. The summed E-state index contributed by atoms with van der Waals surface area (Å²) in [4.78, 5) is 15.8. The van der Waals surface area contributed by atoms with Crippen LogP contribution in [0.25, 0.3) is 0 Å². The van der Waals surface area contributed by atoms with Crippen molar-refractivity contribution >= 4 is 6.03 Å². The van der Waals surface area contributed by atoms with Crippen molar-refractivity contribution < 1.29 is 9.90 Å². The van der Waals surface area contributed by atoms with E-state index in [-0.39, 0.29) is 30.6 Å². The summed E-state index contributed by atoms with van der Waals surface area (Å²) in [6, 6.07) is 3.49. The summed E-state index contributed by atoms with van der Waals surface area (Å²) >= 11 is 0. The van der Waals surface area contributed by atoms with Crippen LogP contribution >= 0.6 is 0 Å². The molecular formula is C14H19N3O2. The fraction of sp³-hybridized carbons (Fsp3) is 0.429. The largest absolute Gasteiger partial charge is 0.396 e. The Bertz CT molecular complexity index is 447. The highest BCUT2D eigenvalue weighted by Gasteiger charge is 2.20. The van der Waals surface area contributed by atoms with Crippen LogP contribution in [0.4, 0.5) is 4.79 Å². The zero-order valence-electron chi connectivity index (χ0n) is 10.9. The number of rotatable bonds is 4. The van der Waals surface area contributed by atoms with Crippen LogP contribution in [0.15, 0.2) is 36.7 Å². The first-order valence-electron chi connectivity index (χ1n) is 6.45. The smallest absolute Gasteiger partial charge is 0.315 e. The number of nitrogens with zero attached hydrogens (tertiary/aromatic N) is 1. The van der Waals surface area contributed by atoms with Gasteiger partial charge < -0.3 is 15.7 Å². The molecule has 1 aromatic rings. The molecule has 0 aromatic carbocycles. The number of hydrogen-bond donors (Lipinski definition) is 3. The molecule has 0 radical (unpaired) electrons. The summed E-state index contributed by atoms with van der Waals surface area (Å²) in [7, 11) is 0. The number of pyridine rings is 1. The number of amides is 2. The van der Waals surface area contributed by atoms with Crippen molar-refractivity contribution in [2.45, 2.75) is 25.4 Å². The first-order chi connectivity index (χ1) is 9.19. The molecule has 3 N–H and O–H groups in total. The minimum absolute atomic E-state index is 0.00166. The van der Waals surface area contributed by atoms with Crippen LogP contribution in [0.2, 0.25) is 0 Å². The fourth-order valence-corrected chi connectivity index (χ4v) is 2.16. The monoisotopic (exact) mass is 261 g/mol. The molecule has 3 atom stereocenters. The Labute approximate surface area is 112 Å². The molecule has 0 spiro atoms. The summed E-state index contributed by atoms with van der Waals surface area (Å²) in [5.41, 5.74) is 1.01. The second-order valence-electron chi connectivity index (χ2n) is 4.79. The third-order valence-corrected chi connectivity index (χ3v) is 3.28. The summed E-state index contributed by atoms with van der Waals surface area (Å²) in [6.45, 7) is 2.06. The fourth-order valence-electron chi connectivity index (χ4n) is 2.16. The Morgan fingerprint density at radius 3 is 2.84 bits per heavy atom. The number of urea groups is 1. The van der Waals surface area contributed by atoms with Crippen LogP contribution in [0, 0.1) is 5.92 Å². The van der Waals surface area contributed by atoms with E-state index in [4.69, 9.17) is 5.11 Å². The van der Waals surface area contributed by atoms with Gasteiger partial charge in [0.2, 0.25) is 0 Å². The quantitative estimate of drug-likeness (QED) is 0.717. The predicted molar refractivity (Wildman–Crippen MR) is 72.4 cm³/mol. The number of hydrogen-bond acceptors (Lipinski definition) is 3. The van der Waals surface area contributed by atoms with E-state index in [2.05, 4.69) is 15.6 Å². The molecule has 5 nitrogen and oxygen atoms in total. The molecule has 19 heavy (non-hydrogen) atoms. The lowest BCUT2D eigenvalue weighted by molar-refractivity contribution is 0.229. The number of aromatic nitrogens is 1. The van der Waals surface area contributed by atoms with Crippen LogP contribution in [-0.2, 0) is 0 Å². The first-order valence-corrected chi connectivity index (χ1v) is 6.45. The summed E-state index contributed by atoms with van der Waals surface area (Å²) in [5, 5.41) is 14.8. The Morgan fingerprint density at radius 2 is 2.21 bits per heavy atom. The molecule has 0 saturated heterocycles. The van der Waals surface area contributed by atoms with Crippen molar-refractivity contribution in [2.24, 2.45) is 5.92 Å². The second-order valence-corrected chi connectivity index (χ2v) is 4.79. The van der Waals surface area contributed by atoms with Crippen molar-refractivity contribution in [1.82, 2.24) is 15.6 Å². The number of carbonyl (C=O) groups is 1. The maximum absolute atomic E-state index is 11.8. The molecule has 1 heterocycles. The van der Waals surface area contributed by atoms with Crippen LogP contribution in [0.3, 0.4) is 0 Å². The highest BCUT2D eigenvalue weighted by molar-refractivity contribution is 5.75. The lowest BCUT2D eigenvalue weighted by Gasteiger charge is -2.17. The van der Waals surface area contributed by atoms with Gasteiger partial charge in [-0.3, -0.25) is 4.98 Å². The van der Waals surface area contributed by atoms with Gasteiger partial charge in [0.05, 0.1) is 6.04 Å². The predicted octanol–water partition coefficient (Wildman–Crippen LogP) is 1.38. The molecule has 0 bridgehead atoms. The van der Waals surface area contributed by atoms with E-state index < -0.39 is 0 Å². The minimum atomic E-state index is -0.197. The van der Waals surface area contributed by atoms with E-state index >= 15 is 0 Å². The molecule has 0 fully saturated rings. The van der Waals surface area contributed by atoms with Gasteiger partial charge in [0.25, 0.3) is 0 Å². The molecule has 2 amide bonds. The van der Waals surface area contributed by atoms with E-state index in [1.54, 1.807) is 12.4 Å². The average Bonchev–Trinajstić information content (AvgIpc) is 2.87. The maximum atomic E-state index is 11.8. The number of aliphatic hydroxyl groups excluding tert-OH is 1. The van der Waals surface area contributed by atoms with Crippen LogP contribution in [-0.4, -0.2) is 28.8 Å². The lowest BCUT2D eigenvalue weighted by atomic mass is 10.1. The van der Waals surface area contributed by atoms with Gasteiger partial charge in [0.15, 0.2) is 0 Å². The van der Waals surface area contributed by atoms with Gasteiger partial charge in [-0.2, -0.15) is 0 Å². The van der Waals surface area contributed by atoms with Gasteiger partial charge in [-0.05, 0) is 31.0 Å². The molecule has 1 aromatic heterocycles. The molecule has 0 saturated carbocycles. The van der Waals surface area contributed by atoms with E-state index in [1.807, 2.05) is 31.2 Å². The highest BCUT2D eigenvalue weighted by atomic mass is 16.3. The molecule has 5 heteroatoms. The summed E-state index contributed by atoms with van der Waals surface area (Å²) in [6.07, 6.45) is 8.04. The standard InChI is InChI=1S/C14H19N3O2/c1-10(12-4-6-15-7-5-12)16-14(19)17-13-3-2-11(8-13)9-18/h2-7,10-11,13,18H,8-9H2,1H3,(H2,16,17,19)/t10?,11-,13+/m0/s1. The maximum Gasteiger partial charge on any atom is 0.315 e. The van der Waals surface area contributed by atoms with Crippen molar-refractivity contribution in [3.05, 3.63) is 42.2 Å². The average molecular weight is 261 g/mol. The minimum Gasteiger partial charge on any atom is -0.396 e. The number of aliphatic hydroxyl groups is 1. The topological polar surface area (TPSA) is 74.2 Å². The Hall–Kier alpha value is -1.88. The zero-order valence-corrected chi connectivity index (χ0v) is 10.9. The van der Waals surface area contributed by atoms with Gasteiger partial charge in [-0.25, -0.2) is 4.79 Å². The molecule has 2 rings (SSSR count). The zero-order chi connectivity index (χ0) is 13.7. The van der Waals surface area contributed by atoms with Crippen molar-refractivity contribution in [3.63, 3.8) is 0 Å². The number of nitrogens with one attached hydrogen (secondary N) is 2. The first kappa shape index (κ1) is 13.5. The summed E-state index contributed by atoms with van der Waals surface area (Å²) < 4.78 is 0. The van der Waals surface area contributed by atoms with Gasteiger partial charge in [0, 0.05) is 31.0 Å². The Balaban J connectivity index is 1.80. The number of carbonyl (C=O) groups excluding carboxylic acids is 1. The van der Waals surface area contributed by atoms with E-state index in [0.717, 1.165) is 12.0 Å². The third-order valence-electron chi connectivity index (χ3n) is 3.28. The normalized spacial score (nSPS) is 23.1. The second kappa shape index (κ2) is 6.33. The van der Waals surface area contributed by atoms with Crippen LogP contribution < -0.4 is 10.6 Å². The van der Waals surface area contributed by atoms with Gasteiger partial charge in [0.1, 0.15) is 0 Å².